The predicted octanol–water partition coefficient (Wildman–Crippen LogP) is 5.01. The van der Waals surface area contributed by atoms with Crippen LogP contribution < -0.4 is 14.8 Å². The minimum Gasteiger partial charge on any atom is -0.454 e. The third kappa shape index (κ3) is 5.44. The standard InChI is InChI=1S/C32H33N5O3/c1-35(2)14-6-13-34-32(38)29-16-25(28-10-5-8-24-7-3-4-9-27(24)28)19-36(29)20-26-17-33-21-37(26)18-23-11-12-30-31(15-23)40-22-39-30/h3-5,7-12,15-17,19,21H,6,13-14,18,20,22H2,1-2H3,(H,34,38). The fourth-order valence-corrected chi connectivity index (χ4v) is 5.18. The fourth-order valence-electron chi connectivity index (χ4n) is 5.18. The van der Waals surface area contributed by atoms with Crippen molar-refractivity contribution in [1.29, 1.82) is 0 Å². The van der Waals surface area contributed by atoms with E-state index < -0.39 is 0 Å². The molecule has 0 atom stereocenters. The molecule has 3 aromatic carbocycles. The molecule has 0 saturated heterocycles. The number of hydrogen-bond donors (Lipinski definition) is 1. The van der Waals surface area contributed by atoms with Gasteiger partial charge < -0.3 is 28.8 Å². The Morgan fingerprint density at radius 1 is 0.975 bits per heavy atom. The largest absolute Gasteiger partial charge is 0.454 e. The van der Waals surface area contributed by atoms with Crippen LogP contribution in [0.1, 0.15) is 28.2 Å². The fraction of sp³-hybridized carbons (Fsp3) is 0.250. The van der Waals surface area contributed by atoms with Gasteiger partial charge in [0, 0.05) is 31.0 Å². The Morgan fingerprint density at radius 3 is 2.73 bits per heavy atom. The molecule has 1 amide bonds. The van der Waals surface area contributed by atoms with E-state index in [0.29, 0.717) is 25.3 Å². The number of nitrogens with one attached hydrogen (secondary N) is 1. The Labute approximate surface area is 233 Å². The van der Waals surface area contributed by atoms with Crippen molar-refractivity contribution in [2.45, 2.75) is 19.5 Å². The van der Waals surface area contributed by atoms with Gasteiger partial charge in [-0.05, 0) is 67.2 Å². The van der Waals surface area contributed by atoms with Crippen molar-refractivity contribution in [1.82, 2.24) is 24.3 Å². The average molecular weight is 536 g/mol. The van der Waals surface area contributed by atoms with Crippen LogP contribution in [0.5, 0.6) is 11.5 Å². The van der Waals surface area contributed by atoms with Crippen LogP contribution in [0.25, 0.3) is 21.9 Å². The normalized spacial score (nSPS) is 12.4. The highest BCUT2D eigenvalue weighted by molar-refractivity contribution is 5.99. The summed E-state index contributed by atoms with van der Waals surface area (Å²) in [7, 11) is 4.08. The Balaban J connectivity index is 1.30. The van der Waals surface area contributed by atoms with E-state index in [1.54, 1.807) is 0 Å². The van der Waals surface area contributed by atoms with Gasteiger partial charge in [-0.1, -0.05) is 48.5 Å². The van der Waals surface area contributed by atoms with Crippen molar-refractivity contribution in [2.24, 2.45) is 0 Å². The van der Waals surface area contributed by atoms with E-state index in [2.05, 4.69) is 62.4 Å². The molecule has 0 radical (unpaired) electrons. The van der Waals surface area contributed by atoms with E-state index in [1.165, 1.54) is 5.39 Å². The summed E-state index contributed by atoms with van der Waals surface area (Å²) in [6.07, 6.45) is 6.66. The second-order valence-corrected chi connectivity index (χ2v) is 10.4. The molecule has 3 heterocycles. The van der Waals surface area contributed by atoms with E-state index in [0.717, 1.165) is 52.2 Å². The second kappa shape index (κ2) is 11.3. The zero-order valence-electron chi connectivity index (χ0n) is 22.8. The van der Waals surface area contributed by atoms with Crippen LogP contribution in [-0.2, 0) is 13.1 Å². The van der Waals surface area contributed by atoms with Crippen LogP contribution in [0.3, 0.4) is 0 Å². The first-order valence-corrected chi connectivity index (χ1v) is 13.5. The van der Waals surface area contributed by atoms with Gasteiger partial charge in [0.15, 0.2) is 11.5 Å². The lowest BCUT2D eigenvalue weighted by Crippen LogP contribution is -2.29. The van der Waals surface area contributed by atoms with E-state index in [1.807, 2.05) is 61.5 Å². The summed E-state index contributed by atoms with van der Waals surface area (Å²) in [5.41, 5.74) is 4.83. The topological polar surface area (TPSA) is 73.6 Å². The molecule has 8 heteroatoms. The Kier molecular flexibility index (Phi) is 7.25. The molecule has 6 rings (SSSR count). The van der Waals surface area contributed by atoms with Gasteiger partial charge in [-0.25, -0.2) is 4.98 Å². The van der Waals surface area contributed by atoms with Gasteiger partial charge in [-0.3, -0.25) is 4.79 Å². The van der Waals surface area contributed by atoms with Crippen LogP contribution in [0.2, 0.25) is 0 Å². The summed E-state index contributed by atoms with van der Waals surface area (Å²) in [5, 5.41) is 5.45. The van der Waals surface area contributed by atoms with Gasteiger partial charge in [0.05, 0.1) is 18.6 Å². The smallest absolute Gasteiger partial charge is 0.267 e. The Morgan fingerprint density at radius 2 is 1.82 bits per heavy atom. The van der Waals surface area contributed by atoms with E-state index in [9.17, 15) is 4.79 Å². The molecule has 0 unspecified atom stereocenters. The number of amides is 1. The Hall–Kier alpha value is -4.56. The molecule has 0 saturated carbocycles. The van der Waals surface area contributed by atoms with Crippen molar-refractivity contribution in [2.75, 3.05) is 34.0 Å². The SMILES string of the molecule is CN(C)CCCNC(=O)c1cc(-c2cccc3ccccc23)cn1Cc1cncn1Cc1ccc2c(c1)OCO2. The molecule has 0 fully saturated rings. The van der Waals surface area contributed by atoms with Crippen LogP contribution in [-0.4, -0.2) is 58.9 Å². The number of imidazole rings is 1. The predicted molar refractivity (Wildman–Crippen MR) is 156 cm³/mol. The van der Waals surface area contributed by atoms with E-state index in [-0.39, 0.29) is 12.7 Å². The minimum absolute atomic E-state index is 0.0768. The number of carbonyl (C=O) groups is 1. The van der Waals surface area contributed by atoms with Gasteiger partial charge in [0.1, 0.15) is 5.69 Å². The molecule has 2 aromatic heterocycles. The summed E-state index contributed by atoms with van der Waals surface area (Å²) in [5.74, 6) is 1.45. The maximum Gasteiger partial charge on any atom is 0.267 e. The molecule has 0 spiro atoms. The monoisotopic (exact) mass is 535 g/mol. The Bertz CT molecular complexity index is 1650. The molecular formula is C32H33N5O3. The lowest BCUT2D eigenvalue weighted by Gasteiger charge is -2.13. The van der Waals surface area contributed by atoms with Crippen molar-refractivity contribution in [3.05, 3.63) is 102 Å². The lowest BCUT2D eigenvalue weighted by atomic mass is 10.0. The number of nitrogens with zero attached hydrogens (tertiary/aromatic N) is 4. The molecule has 1 aliphatic heterocycles. The zero-order valence-corrected chi connectivity index (χ0v) is 22.8. The third-order valence-corrected chi connectivity index (χ3v) is 7.22. The molecule has 5 aromatic rings. The quantitative estimate of drug-likeness (QED) is 0.255. The van der Waals surface area contributed by atoms with Gasteiger partial charge in [-0.2, -0.15) is 0 Å². The van der Waals surface area contributed by atoms with Gasteiger partial charge >= 0.3 is 0 Å². The van der Waals surface area contributed by atoms with Crippen LogP contribution in [0, 0.1) is 0 Å². The molecular weight excluding hydrogens is 502 g/mol. The number of carbonyl (C=O) groups excluding carboxylic acids is 1. The minimum atomic E-state index is -0.0768. The summed E-state index contributed by atoms with van der Waals surface area (Å²) < 4.78 is 15.1. The zero-order chi connectivity index (χ0) is 27.5. The molecule has 204 valence electrons. The number of ether oxygens (including phenoxy) is 2. The van der Waals surface area contributed by atoms with Crippen molar-refractivity contribution in [3.8, 4) is 22.6 Å². The second-order valence-electron chi connectivity index (χ2n) is 10.4. The summed E-state index contributed by atoms with van der Waals surface area (Å²) in [4.78, 5) is 20.0. The molecule has 0 aliphatic carbocycles. The maximum absolute atomic E-state index is 13.4. The average Bonchev–Trinajstić information content (AvgIpc) is 3.71. The molecule has 8 nitrogen and oxygen atoms in total. The van der Waals surface area contributed by atoms with E-state index in [4.69, 9.17) is 9.47 Å². The number of benzene rings is 3. The molecule has 1 N–H and O–H groups in total. The first kappa shape index (κ1) is 25.7. The van der Waals surface area contributed by atoms with Crippen molar-refractivity contribution in [3.63, 3.8) is 0 Å². The van der Waals surface area contributed by atoms with E-state index >= 15 is 0 Å². The molecule has 40 heavy (non-hydrogen) atoms. The van der Waals surface area contributed by atoms with Gasteiger partial charge in [-0.15, -0.1) is 0 Å². The highest BCUT2D eigenvalue weighted by Crippen LogP contribution is 2.33. The first-order chi connectivity index (χ1) is 19.5. The van der Waals surface area contributed by atoms with Crippen LogP contribution in [0.15, 0.2) is 85.5 Å². The van der Waals surface area contributed by atoms with Crippen LogP contribution >= 0.6 is 0 Å². The van der Waals surface area contributed by atoms with Gasteiger partial charge in [0.2, 0.25) is 6.79 Å². The maximum atomic E-state index is 13.4. The van der Waals surface area contributed by atoms with Crippen LogP contribution in [0.4, 0.5) is 0 Å². The number of aromatic nitrogens is 3. The van der Waals surface area contributed by atoms with Gasteiger partial charge in [0.25, 0.3) is 5.91 Å². The van der Waals surface area contributed by atoms with Crippen molar-refractivity contribution < 1.29 is 14.3 Å². The first-order valence-electron chi connectivity index (χ1n) is 13.5. The van der Waals surface area contributed by atoms with Crippen molar-refractivity contribution >= 4 is 16.7 Å². The number of rotatable bonds is 10. The highest BCUT2D eigenvalue weighted by atomic mass is 16.7. The summed E-state index contributed by atoms with van der Waals surface area (Å²) in [6, 6.07) is 22.6. The summed E-state index contributed by atoms with van der Waals surface area (Å²) >= 11 is 0. The molecule has 1 aliphatic rings. The highest BCUT2D eigenvalue weighted by Gasteiger charge is 2.18. The number of fused-ring (bicyclic) bond motifs is 2. The summed E-state index contributed by atoms with van der Waals surface area (Å²) in [6.45, 7) is 2.93. The third-order valence-electron chi connectivity index (χ3n) is 7.22. The molecule has 0 bridgehead atoms. The number of hydrogen-bond acceptors (Lipinski definition) is 5. The lowest BCUT2D eigenvalue weighted by molar-refractivity contribution is 0.0943.